The van der Waals surface area contributed by atoms with Gasteiger partial charge in [-0.25, -0.2) is 15.0 Å². The SMILES string of the molecule is Cc1ncc(-c2cnc3[nH]nc(-c4nc5c(-c6ccc(F)s6)nccc5[nH]4)c3c2)n1C. The maximum absolute atomic E-state index is 13.6. The van der Waals surface area contributed by atoms with Gasteiger partial charge in [-0.2, -0.15) is 9.49 Å². The van der Waals surface area contributed by atoms with Crippen LogP contribution < -0.4 is 0 Å². The lowest BCUT2D eigenvalue weighted by Gasteiger charge is -2.03. The van der Waals surface area contributed by atoms with Gasteiger partial charge in [-0.15, -0.1) is 11.3 Å². The molecule has 0 radical (unpaired) electrons. The highest BCUT2D eigenvalue weighted by Crippen LogP contribution is 2.33. The zero-order valence-corrected chi connectivity index (χ0v) is 17.3. The van der Waals surface area contributed by atoms with E-state index >= 15 is 0 Å². The van der Waals surface area contributed by atoms with Crippen molar-refractivity contribution >= 4 is 33.4 Å². The summed E-state index contributed by atoms with van der Waals surface area (Å²) in [5, 5.41) is 8.00. The Kier molecular flexibility index (Phi) is 3.78. The fourth-order valence-corrected chi connectivity index (χ4v) is 4.39. The maximum Gasteiger partial charge on any atom is 0.177 e. The van der Waals surface area contributed by atoms with Crippen LogP contribution in [0.4, 0.5) is 4.39 Å². The Morgan fingerprint density at radius 1 is 1.06 bits per heavy atom. The van der Waals surface area contributed by atoms with Crippen LogP contribution >= 0.6 is 11.3 Å². The Hall–Kier alpha value is -3.92. The summed E-state index contributed by atoms with van der Waals surface area (Å²) in [6.45, 7) is 1.96. The van der Waals surface area contributed by atoms with Gasteiger partial charge < -0.3 is 9.55 Å². The van der Waals surface area contributed by atoms with Crippen molar-refractivity contribution in [2.75, 3.05) is 0 Å². The lowest BCUT2D eigenvalue weighted by molar-refractivity contribution is 0.657. The standard InChI is InChI=1S/C21H15FN8S/c1-10-24-9-14(30(10)2)11-7-12-17(28-29-20(12)25-8-11)21-26-13-5-6-23-19(18(13)27-21)15-3-4-16(22)31-15/h3-9H,1-2H3,(H,26,27)(H,25,28,29). The summed E-state index contributed by atoms with van der Waals surface area (Å²) in [5.74, 6) is 1.51. The van der Waals surface area contributed by atoms with Gasteiger partial charge in [-0.1, -0.05) is 0 Å². The van der Waals surface area contributed by atoms with Crippen molar-refractivity contribution in [2.45, 2.75) is 6.92 Å². The number of fused-ring (bicyclic) bond motifs is 2. The number of nitrogens with one attached hydrogen (secondary N) is 2. The van der Waals surface area contributed by atoms with Crippen molar-refractivity contribution in [3.8, 4) is 33.3 Å². The lowest BCUT2D eigenvalue weighted by atomic mass is 10.1. The van der Waals surface area contributed by atoms with E-state index in [9.17, 15) is 4.39 Å². The first-order chi connectivity index (χ1) is 15.1. The smallest absolute Gasteiger partial charge is 0.177 e. The summed E-state index contributed by atoms with van der Waals surface area (Å²) in [7, 11) is 1.97. The van der Waals surface area contributed by atoms with E-state index < -0.39 is 0 Å². The second-order valence-electron chi connectivity index (χ2n) is 7.19. The van der Waals surface area contributed by atoms with Gasteiger partial charge >= 0.3 is 0 Å². The Morgan fingerprint density at radius 2 is 1.97 bits per heavy atom. The molecule has 31 heavy (non-hydrogen) atoms. The van der Waals surface area contributed by atoms with Crippen molar-refractivity contribution in [1.29, 1.82) is 0 Å². The first-order valence-electron chi connectivity index (χ1n) is 9.52. The van der Waals surface area contributed by atoms with Gasteiger partial charge in [0.1, 0.15) is 22.7 Å². The first kappa shape index (κ1) is 17.9. The summed E-state index contributed by atoms with van der Waals surface area (Å²) in [5.41, 5.74) is 5.33. The minimum atomic E-state index is -0.258. The zero-order valence-electron chi connectivity index (χ0n) is 16.5. The maximum atomic E-state index is 13.6. The summed E-state index contributed by atoms with van der Waals surface area (Å²) in [6.07, 6.45) is 5.31. The molecule has 10 heteroatoms. The van der Waals surface area contributed by atoms with E-state index in [1.807, 2.05) is 36.9 Å². The second-order valence-corrected chi connectivity index (χ2v) is 8.22. The van der Waals surface area contributed by atoms with Crippen LogP contribution in [0.25, 0.3) is 55.4 Å². The molecule has 0 atom stereocenters. The molecule has 0 aromatic carbocycles. The molecule has 0 aliphatic heterocycles. The monoisotopic (exact) mass is 430 g/mol. The average Bonchev–Trinajstić information content (AvgIpc) is 3.54. The molecule has 8 nitrogen and oxygen atoms in total. The van der Waals surface area contributed by atoms with Gasteiger partial charge in [0.25, 0.3) is 0 Å². The molecular weight excluding hydrogens is 415 g/mol. The topological polar surface area (TPSA) is 101 Å². The quantitative estimate of drug-likeness (QED) is 0.431. The molecule has 6 aromatic heterocycles. The third-order valence-corrected chi connectivity index (χ3v) is 6.24. The molecule has 0 bridgehead atoms. The molecular formula is C21H15FN8S. The predicted molar refractivity (Wildman–Crippen MR) is 117 cm³/mol. The molecule has 6 rings (SSSR count). The van der Waals surface area contributed by atoms with Crippen LogP contribution in [0.15, 0.2) is 42.9 Å². The minimum Gasteiger partial charge on any atom is -0.336 e. The van der Waals surface area contributed by atoms with E-state index in [0.29, 0.717) is 28.4 Å². The molecule has 6 heterocycles. The van der Waals surface area contributed by atoms with Crippen LogP contribution in [0.2, 0.25) is 0 Å². The van der Waals surface area contributed by atoms with E-state index in [2.05, 4.69) is 30.1 Å². The molecule has 0 saturated carbocycles. The third-order valence-electron chi connectivity index (χ3n) is 5.36. The average molecular weight is 430 g/mol. The summed E-state index contributed by atoms with van der Waals surface area (Å²) >= 11 is 1.04. The van der Waals surface area contributed by atoms with Gasteiger partial charge in [0.15, 0.2) is 16.6 Å². The minimum absolute atomic E-state index is 0.258. The number of nitrogens with zero attached hydrogens (tertiary/aromatic N) is 6. The Morgan fingerprint density at radius 3 is 2.74 bits per heavy atom. The van der Waals surface area contributed by atoms with E-state index in [1.54, 1.807) is 18.5 Å². The summed E-state index contributed by atoms with van der Waals surface area (Å²) in [4.78, 5) is 22.1. The van der Waals surface area contributed by atoms with Crippen molar-refractivity contribution in [3.63, 3.8) is 0 Å². The number of pyridine rings is 2. The lowest BCUT2D eigenvalue weighted by Crippen LogP contribution is -1.94. The van der Waals surface area contributed by atoms with Crippen LogP contribution in [-0.4, -0.2) is 39.7 Å². The molecule has 0 aliphatic carbocycles. The highest BCUT2D eigenvalue weighted by molar-refractivity contribution is 7.13. The number of aryl methyl sites for hydroxylation is 1. The Labute approximate surface area is 178 Å². The van der Waals surface area contributed by atoms with E-state index in [4.69, 9.17) is 4.98 Å². The molecule has 2 N–H and O–H groups in total. The number of hydrogen-bond acceptors (Lipinski definition) is 6. The molecule has 0 spiro atoms. The van der Waals surface area contributed by atoms with Crippen molar-refractivity contribution < 1.29 is 4.39 Å². The summed E-state index contributed by atoms with van der Waals surface area (Å²) < 4.78 is 15.6. The number of thiophene rings is 1. The number of hydrogen-bond donors (Lipinski definition) is 2. The fraction of sp³-hybridized carbons (Fsp3) is 0.0952. The van der Waals surface area contributed by atoms with Crippen LogP contribution in [0.3, 0.4) is 0 Å². The highest BCUT2D eigenvalue weighted by atomic mass is 32.1. The fourth-order valence-electron chi connectivity index (χ4n) is 3.66. The van der Waals surface area contributed by atoms with Gasteiger partial charge in [0.05, 0.1) is 27.7 Å². The molecule has 0 fully saturated rings. The van der Waals surface area contributed by atoms with Gasteiger partial charge in [-0.05, 0) is 31.2 Å². The number of rotatable bonds is 3. The zero-order chi connectivity index (χ0) is 21.1. The van der Waals surface area contributed by atoms with Gasteiger partial charge in [-0.3, -0.25) is 10.1 Å². The molecule has 152 valence electrons. The van der Waals surface area contributed by atoms with E-state index in [-0.39, 0.29) is 5.13 Å². The highest BCUT2D eigenvalue weighted by Gasteiger charge is 2.18. The van der Waals surface area contributed by atoms with Crippen LogP contribution in [0.1, 0.15) is 5.82 Å². The third kappa shape index (κ3) is 2.76. The number of imidazole rings is 2. The summed E-state index contributed by atoms with van der Waals surface area (Å²) in [6, 6.07) is 7.02. The first-order valence-corrected chi connectivity index (χ1v) is 10.3. The van der Waals surface area contributed by atoms with Crippen LogP contribution in [-0.2, 0) is 7.05 Å². The number of halogens is 1. The molecule has 0 saturated heterocycles. The molecule has 6 aromatic rings. The van der Waals surface area contributed by atoms with Gasteiger partial charge in [0, 0.05) is 25.0 Å². The largest absolute Gasteiger partial charge is 0.336 e. The van der Waals surface area contributed by atoms with Crippen molar-refractivity contribution in [3.05, 3.63) is 53.8 Å². The predicted octanol–water partition coefficient (Wildman–Crippen LogP) is 4.47. The number of H-pyrrole nitrogens is 2. The number of aromatic amines is 2. The van der Waals surface area contributed by atoms with Crippen LogP contribution in [0.5, 0.6) is 0 Å². The Balaban J connectivity index is 1.52. The molecule has 0 unspecified atom stereocenters. The normalized spacial score (nSPS) is 11.7. The van der Waals surface area contributed by atoms with Crippen molar-refractivity contribution in [2.24, 2.45) is 7.05 Å². The Bertz CT molecular complexity index is 1590. The van der Waals surface area contributed by atoms with E-state index in [1.165, 1.54) is 6.07 Å². The van der Waals surface area contributed by atoms with Gasteiger partial charge in [0.2, 0.25) is 0 Å². The number of aromatic nitrogens is 8. The molecule has 0 aliphatic rings. The van der Waals surface area contributed by atoms with Crippen LogP contribution in [0, 0.1) is 12.1 Å². The van der Waals surface area contributed by atoms with E-state index in [0.717, 1.165) is 44.2 Å². The van der Waals surface area contributed by atoms with Crippen molar-refractivity contribution in [1.82, 2.24) is 39.7 Å². The molecule has 0 amide bonds. The second kappa shape index (κ2) is 6.54.